The van der Waals surface area contributed by atoms with E-state index in [1.54, 1.807) is 23.1 Å². The summed E-state index contributed by atoms with van der Waals surface area (Å²) in [5.74, 6) is -0.982. The van der Waals surface area contributed by atoms with Crippen molar-refractivity contribution in [3.63, 3.8) is 0 Å². The van der Waals surface area contributed by atoms with Crippen molar-refractivity contribution in [2.45, 2.75) is 57.5 Å². The number of halogens is 2. The molecule has 2 atom stereocenters. The van der Waals surface area contributed by atoms with E-state index in [0.29, 0.717) is 23.2 Å². The summed E-state index contributed by atoms with van der Waals surface area (Å²) in [5.41, 5.74) is 0.772. The average molecular weight is 384 g/mol. The van der Waals surface area contributed by atoms with Crippen molar-refractivity contribution in [2.75, 3.05) is 6.61 Å². The minimum atomic E-state index is -0.982. The predicted octanol–water partition coefficient (Wildman–Crippen LogP) is 4.82. The summed E-state index contributed by atoms with van der Waals surface area (Å²) in [6.45, 7) is 3.20. The number of unbranched alkanes of at least 4 members (excludes halogenated alkanes) is 2. The van der Waals surface area contributed by atoms with Gasteiger partial charge in [0.15, 0.2) is 0 Å². The van der Waals surface area contributed by atoms with E-state index in [0.717, 1.165) is 24.8 Å². The molecule has 0 aliphatic carbocycles. The Labute approximate surface area is 158 Å². The van der Waals surface area contributed by atoms with Crippen LogP contribution in [0, 0.1) is 0 Å². The molecule has 1 fully saturated rings. The number of hydrogen-bond donors (Lipinski definition) is 0. The lowest BCUT2D eigenvalue weighted by Gasteiger charge is -2.41. The topological polar surface area (TPSA) is 49.2 Å². The molecule has 1 aromatic heterocycles. The van der Waals surface area contributed by atoms with Gasteiger partial charge < -0.3 is 9.47 Å². The van der Waals surface area contributed by atoms with Crippen molar-refractivity contribution in [3.8, 4) is 0 Å². The van der Waals surface area contributed by atoms with Crippen LogP contribution in [-0.4, -0.2) is 27.5 Å². The van der Waals surface area contributed by atoms with Gasteiger partial charge in [0.05, 0.1) is 17.7 Å². The Hall–Kier alpha value is -1.14. The van der Waals surface area contributed by atoms with Gasteiger partial charge in [-0.15, -0.1) is 0 Å². The maximum Gasteiger partial charge on any atom is 0.217 e. The van der Waals surface area contributed by atoms with E-state index in [2.05, 4.69) is 17.0 Å². The first-order valence-electron chi connectivity index (χ1n) is 8.72. The highest BCUT2D eigenvalue weighted by molar-refractivity contribution is 6.35. The van der Waals surface area contributed by atoms with Gasteiger partial charge in [0, 0.05) is 10.6 Å². The fraction of sp³-hybridized carbons (Fsp3) is 0.556. The molecule has 2 aromatic rings. The Morgan fingerprint density at radius 1 is 1.32 bits per heavy atom. The molecule has 2 heterocycles. The molecule has 1 aliphatic heterocycles. The summed E-state index contributed by atoms with van der Waals surface area (Å²) >= 11 is 12.5. The molecule has 5 nitrogen and oxygen atoms in total. The summed E-state index contributed by atoms with van der Waals surface area (Å²) in [6.07, 6.45) is 8.73. The molecule has 0 saturated carbocycles. The van der Waals surface area contributed by atoms with Crippen LogP contribution in [-0.2, 0) is 21.8 Å². The molecule has 7 heteroatoms. The Kier molecular flexibility index (Phi) is 6.34. The Morgan fingerprint density at radius 3 is 2.92 bits per heavy atom. The van der Waals surface area contributed by atoms with Gasteiger partial charge in [-0.05, 0) is 25.0 Å². The molecular formula is C18H23Cl2N3O2. The number of hydrogen-bond acceptors (Lipinski definition) is 4. The van der Waals surface area contributed by atoms with Crippen LogP contribution < -0.4 is 0 Å². The quantitative estimate of drug-likeness (QED) is 0.642. The van der Waals surface area contributed by atoms with Crippen molar-refractivity contribution < 1.29 is 9.47 Å². The third kappa shape index (κ3) is 4.53. The van der Waals surface area contributed by atoms with Crippen LogP contribution in [0.3, 0.4) is 0 Å². The molecule has 1 aromatic carbocycles. The van der Waals surface area contributed by atoms with E-state index in [1.807, 2.05) is 6.07 Å². The average Bonchev–Trinajstić information content (AvgIpc) is 3.08. The van der Waals surface area contributed by atoms with Gasteiger partial charge in [-0.3, -0.25) is 0 Å². The molecule has 2 unspecified atom stereocenters. The van der Waals surface area contributed by atoms with Crippen LogP contribution in [0.5, 0.6) is 0 Å². The van der Waals surface area contributed by atoms with E-state index in [1.165, 1.54) is 19.2 Å². The molecule has 0 spiro atoms. The van der Waals surface area contributed by atoms with Gasteiger partial charge in [-0.25, -0.2) is 9.67 Å². The summed E-state index contributed by atoms with van der Waals surface area (Å²) in [4.78, 5) is 4.02. The molecule has 25 heavy (non-hydrogen) atoms. The fourth-order valence-electron chi connectivity index (χ4n) is 3.18. The van der Waals surface area contributed by atoms with Crippen LogP contribution in [0.1, 0.15) is 44.6 Å². The highest BCUT2D eigenvalue weighted by atomic mass is 35.5. The van der Waals surface area contributed by atoms with Crippen molar-refractivity contribution in [1.82, 2.24) is 14.8 Å². The second-order valence-electron chi connectivity index (χ2n) is 6.34. The zero-order chi connectivity index (χ0) is 17.7. The zero-order valence-corrected chi connectivity index (χ0v) is 15.8. The Balaban J connectivity index is 1.88. The Bertz CT molecular complexity index is 681. The van der Waals surface area contributed by atoms with Crippen molar-refractivity contribution in [1.29, 1.82) is 0 Å². The van der Waals surface area contributed by atoms with E-state index in [4.69, 9.17) is 32.7 Å². The SMILES string of the molecule is CCCCCC1CCOC(Cn2cncn2)(c2ccc(Cl)cc2Cl)O1. The maximum absolute atomic E-state index is 6.48. The third-order valence-electron chi connectivity index (χ3n) is 4.44. The molecule has 136 valence electrons. The normalized spacial score (nSPS) is 23.7. The first-order valence-corrected chi connectivity index (χ1v) is 9.48. The minimum absolute atomic E-state index is 0.135. The zero-order valence-electron chi connectivity index (χ0n) is 14.3. The largest absolute Gasteiger partial charge is 0.344 e. The van der Waals surface area contributed by atoms with Crippen molar-refractivity contribution in [2.24, 2.45) is 0 Å². The lowest BCUT2D eigenvalue weighted by molar-refractivity contribution is -0.311. The number of nitrogens with zero attached hydrogens (tertiary/aromatic N) is 3. The van der Waals surface area contributed by atoms with Crippen molar-refractivity contribution in [3.05, 3.63) is 46.5 Å². The highest BCUT2D eigenvalue weighted by Gasteiger charge is 2.42. The third-order valence-corrected chi connectivity index (χ3v) is 4.99. The second-order valence-corrected chi connectivity index (χ2v) is 7.19. The van der Waals surface area contributed by atoms with E-state index in [9.17, 15) is 0 Å². The number of benzene rings is 1. The standard InChI is InChI=1S/C18H23Cl2N3O2/c1-2-3-4-5-15-8-9-24-18(25-15,11-23-13-21-12-22-23)16-7-6-14(19)10-17(16)20/h6-7,10,12-13,15H,2-5,8-9,11H2,1H3. The maximum atomic E-state index is 6.48. The molecule has 0 radical (unpaired) electrons. The smallest absolute Gasteiger partial charge is 0.217 e. The number of aromatic nitrogens is 3. The second kappa shape index (κ2) is 8.49. The number of rotatable bonds is 7. The summed E-state index contributed by atoms with van der Waals surface area (Å²) in [6, 6.07) is 5.39. The van der Waals surface area contributed by atoms with E-state index in [-0.39, 0.29) is 6.10 Å². The van der Waals surface area contributed by atoms with Gasteiger partial charge >= 0.3 is 0 Å². The van der Waals surface area contributed by atoms with Crippen LogP contribution in [0.4, 0.5) is 0 Å². The lowest BCUT2D eigenvalue weighted by atomic mass is 10.0. The van der Waals surface area contributed by atoms with E-state index >= 15 is 0 Å². The summed E-state index contributed by atoms with van der Waals surface area (Å²) in [7, 11) is 0. The van der Waals surface area contributed by atoms with Gasteiger partial charge in [-0.2, -0.15) is 5.10 Å². The van der Waals surface area contributed by atoms with Crippen molar-refractivity contribution >= 4 is 23.2 Å². The first-order chi connectivity index (χ1) is 12.1. The van der Waals surface area contributed by atoms with E-state index < -0.39 is 5.79 Å². The summed E-state index contributed by atoms with van der Waals surface area (Å²) in [5, 5.41) is 5.32. The molecule has 0 bridgehead atoms. The van der Waals surface area contributed by atoms with Crippen LogP contribution in [0.2, 0.25) is 10.0 Å². The summed E-state index contributed by atoms with van der Waals surface area (Å²) < 4.78 is 14.3. The molecule has 1 aliphatic rings. The lowest BCUT2D eigenvalue weighted by Crippen LogP contribution is -2.45. The van der Waals surface area contributed by atoms with Crippen LogP contribution >= 0.6 is 23.2 Å². The molecule has 1 saturated heterocycles. The van der Waals surface area contributed by atoms with Gasteiger partial charge in [0.1, 0.15) is 19.2 Å². The Morgan fingerprint density at radius 2 is 2.20 bits per heavy atom. The first kappa shape index (κ1) is 18.6. The van der Waals surface area contributed by atoms with Gasteiger partial charge in [-0.1, -0.05) is 55.5 Å². The fourth-order valence-corrected chi connectivity index (χ4v) is 3.73. The highest BCUT2D eigenvalue weighted by Crippen LogP contribution is 2.40. The predicted molar refractivity (Wildman–Crippen MR) is 97.7 cm³/mol. The molecule has 0 amide bonds. The number of ether oxygens (including phenoxy) is 2. The van der Waals surface area contributed by atoms with Gasteiger partial charge in [0.25, 0.3) is 0 Å². The molecule has 0 N–H and O–H groups in total. The molecule has 3 rings (SSSR count). The van der Waals surface area contributed by atoms with Crippen LogP contribution in [0.15, 0.2) is 30.9 Å². The van der Waals surface area contributed by atoms with Gasteiger partial charge in [0.2, 0.25) is 5.79 Å². The molecular weight excluding hydrogens is 361 g/mol. The monoisotopic (exact) mass is 383 g/mol. The minimum Gasteiger partial charge on any atom is -0.344 e. The van der Waals surface area contributed by atoms with Crippen LogP contribution in [0.25, 0.3) is 0 Å².